The second kappa shape index (κ2) is 4.97. The van der Waals surface area contributed by atoms with E-state index in [9.17, 15) is 0 Å². The maximum Gasteiger partial charge on any atom is 0.247 e. The molecule has 6 heteroatoms. The molecule has 0 saturated carbocycles. The third-order valence-corrected chi connectivity index (χ3v) is 3.45. The molecule has 0 spiro atoms. The van der Waals surface area contributed by atoms with Crippen LogP contribution in [0.2, 0.25) is 0 Å². The fraction of sp³-hybridized carbons (Fsp3) is 0.154. The summed E-state index contributed by atoms with van der Waals surface area (Å²) in [6.07, 6.45) is 1.89. The maximum absolute atomic E-state index is 5.62. The number of benzene rings is 1. The van der Waals surface area contributed by atoms with Gasteiger partial charge in [-0.2, -0.15) is 5.10 Å². The monoisotopic (exact) mass is 318 g/mol. The van der Waals surface area contributed by atoms with Gasteiger partial charge in [-0.3, -0.25) is 4.68 Å². The Morgan fingerprint density at radius 2 is 2.00 bits per heavy atom. The highest BCUT2D eigenvalue weighted by Crippen LogP contribution is 2.18. The van der Waals surface area contributed by atoms with Crippen LogP contribution in [0.3, 0.4) is 0 Å². The molecule has 3 aromatic rings. The lowest BCUT2D eigenvalue weighted by molar-refractivity contribution is 0.473. The molecule has 0 atom stereocenters. The van der Waals surface area contributed by atoms with Crippen LogP contribution in [-0.2, 0) is 6.54 Å². The first-order valence-corrected chi connectivity index (χ1v) is 6.59. The molecule has 0 fully saturated rings. The molecule has 0 unspecified atom stereocenters. The first-order valence-electron chi connectivity index (χ1n) is 5.80. The number of aryl methyl sites for hydroxylation is 1. The Morgan fingerprint density at radius 1 is 1.21 bits per heavy atom. The van der Waals surface area contributed by atoms with E-state index in [1.54, 1.807) is 4.68 Å². The van der Waals surface area contributed by atoms with E-state index in [2.05, 4.69) is 31.2 Å². The summed E-state index contributed by atoms with van der Waals surface area (Å²) in [5.74, 6) is 1.06. The molecule has 0 bridgehead atoms. The summed E-state index contributed by atoms with van der Waals surface area (Å²) >= 11 is 3.42. The van der Waals surface area contributed by atoms with Crippen molar-refractivity contribution in [3.8, 4) is 11.5 Å². The molecule has 0 amide bonds. The van der Waals surface area contributed by atoms with Gasteiger partial charge in [-0.25, -0.2) is 0 Å². The molecule has 5 nitrogen and oxygen atoms in total. The molecule has 2 aromatic heterocycles. The Hall–Kier alpha value is -1.95. The normalized spacial score (nSPS) is 10.8. The van der Waals surface area contributed by atoms with Crippen molar-refractivity contribution in [3.05, 3.63) is 52.6 Å². The van der Waals surface area contributed by atoms with Gasteiger partial charge in [0, 0.05) is 11.8 Å². The summed E-state index contributed by atoms with van der Waals surface area (Å²) in [5, 5.41) is 12.4. The standard InChI is InChI=1S/C13H11BrN4O/c1-9-11(14)7-18(17-9)8-12-15-16-13(19-12)10-5-3-2-4-6-10/h2-7H,8H2,1H3. The summed E-state index contributed by atoms with van der Waals surface area (Å²) in [4.78, 5) is 0. The number of halogens is 1. The topological polar surface area (TPSA) is 56.7 Å². The fourth-order valence-corrected chi connectivity index (χ4v) is 2.04. The second-order valence-corrected chi connectivity index (χ2v) is 4.98. The van der Waals surface area contributed by atoms with Crippen LogP contribution in [0.1, 0.15) is 11.6 Å². The van der Waals surface area contributed by atoms with Crippen molar-refractivity contribution in [3.63, 3.8) is 0 Å². The second-order valence-electron chi connectivity index (χ2n) is 4.13. The molecule has 0 aliphatic rings. The van der Waals surface area contributed by atoms with Crippen LogP contribution in [0, 0.1) is 6.92 Å². The average Bonchev–Trinajstić information content (AvgIpc) is 2.99. The quantitative estimate of drug-likeness (QED) is 0.744. The summed E-state index contributed by atoms with van der Waals surface area (Å²) in [6, 6.07) is 9.70. The van der Waals surface area contributed by atoms with Crippen molar-refractivity contribution >= 4 is 15.9 Å². The molecular formula is C13H11BrN4O. The van der Waals surface area contributed by atoms with E-state index in [1.807, 2.05) is 43.5 Å². The lowest BCUT2D eigenvalue weighted by Gasteiger charge is -1.95. The van der Waals surface area contributed by atoms with E-state index >= 15 is 0 Å². The van der Waals surface area contributed by atoms with Crippen molar-refractivity contribution in [1.82, 2.24) is 20.0 Å². The molecule has 0 N–H and O–H groups in total. The van der Waals surface area contributed by atoms with Crippen molar-refractivity contribution in [1.29, 1.82) is 0 Å². The molecule has 0 radical (unpaired) electrons. The smallest absolute Gasteiger partial charge is 0.247 e. The zero-order valence-electron chi connectivity index (χ0n) is 10.2. The van der Waals surface area contributed by atoms with E-state index in [1.165, 1.54) is 0 Å². The summed E-state index contributed by atoms with van der Waals surface area (Å²) < 4.78 is 8.36. The van der Waals surface area contributed by atoms with Gasteiger partial charge in [0.15, 0.2) is 0 Å². The highest BCUT2D eigenvalue weighted by molar-refractivity contribution is 9.10. The minimum atomic E-state index is 0.465. The van der Waals surface area contributed by atoms with Crippen LogP contribution >= 0.6 is 15.9 Å². The third kappa shape index (κ3) is 2.58. The molecule has 1 aromatic carbocycles. The summed E-state index contributed by atoms with van der Waals surface area (Å²) in [7, 11) is 0. The van der Waals surface area contributed by atoms with Gasteiger partial charge in [0.1, 0.15) is 6.54 Å². The summed E-state index contributed by atoms with van der Waals surface area (Å²) in [5.41, 5.74) is 1.85. The third-order valence-electron chi connectivity index (χ3n) is 2.67. The van der Waals surface area contributed by atoms with Gasteiger partial charge < -0.3 is 4.42 Å². The van der Waals surface area contributed by atoms with Crippen molar-refractivity contribution in [2.45, 2.75) is 13.5 Å². The van der Waals surface area contributed by atoms with Gasteiger partial charge in [-0.1, -0.05) is 18.2 Å². The zero-order chi connectivity index (χ0) is 13.2. The van der Waals surface area contributed by atoms with E-state index in [0.29, 0.717) is 18.3 Å². The Morgan fingerprint density at radius 3 is 2.68 bits per heavy atom. The Balaban J connectivity index is 1.82. The van der Waals surface area contributed by atoms with E-state index in [4.69, 9.17) is 4.42 Å². The Kier molecular flexibility index (Phi) is 3.16. The van der Waals surface area contributed by atoms with Crippen LogP contribution in [-0.4, -0.2) is 20.0 Å². The fourth-order valence-electron chi connectivity index (χ4n) is 1.73. The lowest BCUT2D eigenvalue weighted by Crippen LogP contribution is -2.00. The number of aromatic nitrogens is 4. The van der Waals surface area contributed by atoms with Gasteiger partial charge >= 0.3 is 0 Å². The first kappa shape index (κ1) is 12.1. The van der Waals surface area contributed by atoms with Crippen LogP contribution in [0.25, 0.3) is 11.5 Å². The molecule has 19 heavy (non-hydrogen) atoms. The molecule has 2 heterocycles. The van der Waals surface area contributed by atoms with Crippen molar-refractivity contribution in [2.24, 2.45) is 0 Å². The van der Waals surface area contributed by atoms with E-state index < -0.39 is 0 Å². The zero-order valence-corrected chi connectivity index (χ0v) is 11.8. The van der Waals surface area contributed by atoms with E-state index in [-0.39, 0.29) is 0 Å². The SMILES string of the molecule is Cc1nn(Cc2nnc(-c3ccccc3)o2)cc1Br. The van der Waals surface area contributed by atoms with Gasteiger partial charge in [-0.15, -0.1) is 10.2 Å². The van der Waals surface area contributed by atoms with Gasteiger partial charge in [-0.05, 0) is 35.0 Å². The minimum Gasteiger partial charge on any atom is -0.419 e. The van der Waals surface area contributed by atoms with Crippen LogP contribution in [0.5, 0.6) is 0 Å². The van der Waals surface area contributed by atoms with Crippen LogP contribution < -0.4 is 0 Å². The predicted octanol–water partition coefficient (Wildman–Crippen LogP) is 3.05. The maximum atomic E-state index is 5.62. The molecule has 0 aliphatic heterocycles. The summed E-state index contributed by atoms with van der Waals surface area (Å²) in [6.45, 7) is 2.40. The number of nitrogens with zero attached hydrogens (tertiary/aromatic N) is 4. The minimum absolute atomic E-state index is 0.465. The average molecular weight is 319 g/mol. The van der Waals surface area contributed by atoms with Gasteiger partial charge in [0.05, 0.1) is 10.2 Å². The highest BCUT2D eigenvalue weighted by atomic mass is 79.9. The van der Waals surface area contributed by atoms with Crippen molar-refractivity contribution in [2.75, 3.05) is 0 Å². The number of rotatable bonds is 3. The molecule has 96 valence electrons. The highest BCUT2D eigenvalue weighted by Gasteiger charge is 2.10. The molecule has 0 aliphatic carbocycles. The number of hydrogen-bond donors (Lipinski definition) is 0. The van der Waals surface area contributed by atoms with Gasteiger partial charge in [0.2, 0.25) is 11.8 Å². The molecule has 0 saturated heterocycles. The molecular weight excluding hydrogens is 308 g/mol. The molecule has 3 rings (SSSR count). The predicted molar refractivity (Wildman–Crippen MR) is 73.5 cm³/mol. The largest absolute Gasteiger partial charge is 0.419 e. The number of hydrogen-bond acceptors (Lipinski definition) is 4. The first-order chi connectivity index (χ1) is 9.22. The van der Waals surface area contributed by atoms with Crippen LogP contribution in [0.15, 0.2) is 45.4 Å². The lowest BCUT2D eigenvalue weighted by atomic mass is 10.2. The van der Waals surface area contributed by atoms with Gasteiger partial charge in [0.25, 0.3) is 0 Å². The van der Waals surface area contributed by atoms with Crippen LogP contribution in [0.4, 0.5) is 0 Å². The Labute approximate surface area is 118 Å². The van der Waals surface area contributed by atoms with Crippen molar-refractivity contribution < 1.29 is 4.42 Å². The Bertz CT molecular complexity index is 670. The van der Waals surface area contributed by atoms with E-state index in [0.717, 1.165) is 15.7 Å².